The lowest BCUT2D eigenvalue weighted by molar-refractivity contribution is -0.159. The molecule has 3 N–H and O–H groups in total. The van der Waals surface area contributed by atoms with E-state index < -0.39 is 12.2 Å². The normalized spacial score (nSPS) is 48.8. The Labute approximate surface area is 183 Å². The van der Waals surface area contributed by atoms with Crippen LogP contribution in [-0.2, 0) is 0 Å². The van der Waals surface area contributed by atoms with Crippen molar-refractivity contribution in [1.29, 1.82) is 0 Å². The molecule has 4 aliphatic carbocycles. The molecule has 0 spiro atoms. The summed E-state index contributed by atoms with van der Waals surface area (Å²) in [6, 6.07) is 0. The Bertz CT molecular complexity index is 707. The van der Waals surface area contributed by atoms with Crippen molar-refractivity contribution < 1.29 is 15.3 Å². The lowest BCUT2D eigenvalue weighted by Gasteiger charge is -2.61. The summed E-state index contributed by atoms with van der Waals surface area (Å²) in [6.07, 6.45) is 11.3. The van der Waals surface area contributed by atoms with Crippen LogP contribution in [0.5, 0.6) is 0 Å². The van der Waals surface area contributed by atoms with Crippen molar-refractivity contribution in [3.05, 3.63) is 23.3 Å². The topological polar surface area (TPSA) is 60.7 Å². The molecule has 3 saturated carbocycles. The maximum Gasteiger partial charge on any atom is 0.0659 e. The monoisotopic (exact) mass is 416 g/mol. The van der Waals surface area contributed by atoms with Gasteiger partial charge in [-0.2, -0.15) is 0 Å². The van der Waals surface area contributed by atoms with Crippen molar-refractivity contribution >= 4 is 0 Å². The van der Waals surface area contributed by atoms with Crippen molar-refractivity contribution in [1.82, 2.24) is 0 Å². The van der Waals surface area contributed by atoms with Gasteiger partial charge in [0.1, 0.15) is 0 Å². The Balaban J connectivity index is 1.59. The van der Waals surface area contributed by atoms with E-state index >= 15 is 0 Å². The van der Waals surface area contributed by atoms with E-state index in [1.165, 1.54) is 30.4 Å². The van der Waals surface area contributed by atoms with Gasteiger partial charge in [0, 0.05) is 11.8 Å². The second-order valence-corrected chi connectivity index (χ2v) is 12.0. The number of aliphatic hydroxyl groups is 3. The third-order valence-corrected chi connectivity index (χ3v) is 10.0. The molecular formula is C27H44O3. The largest absolute Gasteiger partial charge is 0.393 e. The molecule has 10 unspecified atom stereocenters. The fourth-order valence-electron chi connectivity index (χ4n) is 8.63. The molecule has 0 amide bonds. The molecule has 30 heavy (non-hydrogen) atoms. The van der Waals surface area contributed by atoms with Crippen LogP contribution in [0, 0.1) is 40.4 Å². The van der Waals surface area contributed by atoms with Crippen LogP contribution in [0.25, 0.3) is 0 Å². The van der Waals surface area contributed by atoms with Gasteiger partial charge in [-0.1, -0.05) is 44.1 Å². The van der Waals surface area contributed by atoms with Gasteiger partial charge in [-0.15, -0.1) is 0 Å². The van der Waals surface area contributed by atoms with E-state index in [1.807, 2.05) is 0 Å². The van der Waals surface area contributed by atoms with Crippen molar-refractivity contribution in [2.75, 3.05) is 0 Å². The highest BCUT2D eigenvalue weighted by Gasteiger charge is 2.63. The van der Waals surface area contributed by atoms with Crippen LogP contribution < -0.4 is 0 Å². The SMILES string of the molecule is CC(C)=CCCC(C)C1CCC2C3CC=C4CC(O)CC(O)C4(C)C3C(O)CC12C. The Morgan fingerprint density at radius 2 is 1.93 bits per heavy atom. The predicted octanol–water partition coefficient (Wildman–Crippen LogP) is 5.25. The van der Waals surface area contributed by atoms with Crippen LogP contribution >= 0.6 is 0 Å². The molecule has 170 valence electrons. The molecule has 4 aliphatic rings. The molecule has 0 aromatic heterocycles. The first-order chi connectivity index (χ1) is 14.1. The highest BCUT2D eigenvalue weighted by molar-refractivity contribution is 5.28. The van der Waals surface area contributed by atoms with Gasteiger partial charge in [0.15, 0.2) is 0 Å². The number of rotatable bonds is 4. The van der Waals surface area contributed by atoms with Gasteiger partial charge in [0.2, 0.25) is 0 Å². The Morgan fingerprint density at radius 1 is 1.20 bits per heavy atom. The van der Waals surface area contributed by atoms with Crippen molar-refractivity contribution in [3.63, 3.8) is 0 Å². The maximum absolute atomic E-state index is 11.5. The van der Waals surface area contributed by atoms with Gasteiger partial charge < -0.3 is 15.3 Å². The van der Waals surface area contributed by atoms with Crippen molar-refractivity contribution in [3.8, 4) is 0 Å². The van der Waals surface area contributed by atoms with E-state index in [-0.39, 0.29) is 22.9 Å². The summed E-state index contributed by atoms with van der Waals surface area (Å²) >= 11 is 0. The molecule has 0 aromatic carbocycles. The van der Waals surface area contributed by atoms with E-state index in [0.717, 1.165) is 19.3 Å². The van der Waals surface area contributed by atoms with Gasteiger partial charge in [-0.05, 0) is 93.8 Å². The van der Waals surface area contributed by atoms with Crippen LogP contribution in [0.3, 0.4) is 0 Å². The lowest BCUT2D eigenvalue weighted by atomic mass is 9.45. The third-order valence-electron chi connectivity index (χ3n) is 10.0. The molecule has 0 saturated heterocycles. The molecule has 4 rings (SSSR count). The zero-order chi connectivity index (χ0) is 21.8. The molecule has 0 aromatic rings. The summed E-state index contributed by atoms with van der Waals surface area (Å²) in [5, 5.41) is 32.8. The molecule has 3 fully saturated rings. The molecule has 0 radical (unpaired) electrons. The number of hydrogen-bond donors (Lipinski definition) is 3. The lowest BCUT2D eigenvalue weighted by Crippen LogP contribution is -2.60. The van der Waals surface area contributed by atoms with Gasteiger partial charge in [-0.3, -0.25) is 0 Å². The zero-order valence-electron chi connectivity index (χ0n) is 19.8. The minimum Gasteiger partial charge on any atom is -0.393 e. The first kappa shape index (κ1) is 22.6. The minimum absolute atomic E-state index is 0.123. The highest BCUT2D eigenvalue weighted by atomic mass is 16.3. The second-order valence-electron chi connectivity index (χ2n) is 12.0. The predicted molar refractivity (Wildman–Crippen MR) is 122 cm³/mol. The average molecular weight is 417 g/mol. The quantitative estimate of drug-likeness (QED) is 0.549. The first-order valence-corrected chi connectivity index (χ1v) is 12.5. The van der Waals surface area contributed by atoms with E-state index in [1.54, 1.807) is 0 Å². The summed E-state index contributed by atoms with van der Waals surface area (Å²) in [5.74, 6) is 2.57. The van der Waals surface area contributed by atoms with Gasteiger partial charge in [0.25, 0.3) is 0 Å². The summed E-state index contributed by atoms with van der Waals surface area (Å²) in [6.45, 7) is 11.4. The van der Waals surface area contributed by atoms with Crippen LogP contribution in [0.15, 0.2) is 23.3 Å². The summed E-state index contributed by atoms with van der Waals surface area (Å²) in [5.41, 5.74) is 2.42. The van der Waals surface area contributed by atoms with E-state index in [9.17, 15) is 15.3 Å². The van der Waals surface area contributed by atoms with Crippen LogP contribution in [0.2, 0.25) is 0 Å². The average Bonchev–Trinajstić information content (AvgIpc) is 2.99. The standard InChI is InChI=1S/C27H44O3/c1-16(2)7-6-8-17(3)21-11-12-22-20-10-9-18-13-19(28)14-24(30)27(18,5)25(20)23(29)15-26(21,22)4/h7,9,17,19-25,28-30H,6,8,10-15H2,1-5H3. The molecule has 0 bridgehead atoms. The fourth-order valence-corrected chi connectivity index (χ4v) is 8.63. The number of aliphatic hydroxyl groups excluding tert-OH is 3. The van der Waals surface area contributed by atoms with Crippen LogP contribution in [-0.4, -0.2) is 33.6 Å². The molecule has 10 atom stereocenters. The molecule has 0 aliphatic heterocycles. The van der Waals surface area contributed by atoms with E-state index in [2.05, 4.69) is 46.8 Å². The van der Waals surface area contributed by atoms with Crippen molar-refractivity contribution in [2.24, 2.45) is 40.4 Å². The second kappa shape index (κ2) is 8.05. The van der Waals surface area contributed by atoms with Crippen molar-refractivity contribution in [2.45, 2.75) is 104 Å². The number of allylic oxidation sites excluding steroid dienone is 3. The Kier molecular flexibility index (Phi) is 6.05. The first-order valence-electron chi connectivity index (χ1n) is 12.5. The number of fused-ring (bicyclic) bond motifs is 5. The summed E-state index contributed by atoms with van der Waals surface area (Å²) in [4.78, 5) is 0. The van der Waals surface area contributed by atoms with Crippen LogP contribution in [0.4, 0.5) is 0 Å². The number of hydrogen-bond acceptors (Lipinski definition) is 3. The molecule has 3 nitrogen and oxygen atoms in total. The zero-order valence-corrected chi connectivity index (χ0v) is 19.8. The van der Waals surface area contributed by atoms with E-state index in [0.29, 0.717) is 36.5 Å². The van der Waals surface area contributed by atoms with E-state index in [4.69, 9.17) is 0 Å². The van der Waals surface area contributed by atoms with Gasteiger partial charge in [0.05, 0.1) is 18.3 Å². The molecule has 3 heteroatoms. The molecular weight excluding hydrogens is 372 g/mol. The minimum atomic E-state index is -0.556. The highest BCUT2D eigenvalue weighted by Crippen LogP contribution is 2.67. The Hall–Kier alpha value is -0.640. The van der Waals surface area contributed by atoms with Crippen LogP contribution in [0.1, 0.15) is 86.0 Å². The molecule has 0 heterocycles. The van der Waals surface area contributed by atoms with Gasteiger partial charge in [-0.25, -0.2) is 0 Å². The van der Waals surface area contributed by atoms with Gasteiger partial charge >= 0.3 is 0 Å². The Morgan fingerprint density at radius 3 is 2.63 bits per heavy atom. The third kappa shape index (κ3) is 3.44. The summed E-state index contributed by atoms with van der Waals surface area (Å²) < 4.78 is 0. The maximum atomic E-state index is 11.5. The fraction of sp³-hybridized carbons (Fsp3) is 0.852. The summed E-state index contributed by atoms with van der Waals surface area (Å²) in [7, 11) is 0. The smallest absolute Gasteiger partial charge is 0.0659 e.